The zero-order valence-electron chi connectivity index (χ0n) is 14.3. The molecule has 0 aliphatic carbocycles. The van der Waals surface area contributed by atoms with Gasteiger partial charge in [-0.25, -0.2) is 4.39 Å². The molecule has 1 N–H and O–H groups in total. The van der Waals surface area contributed by atoms with Crippen molar-refractivity contribution in [1.82, 2.24) is 0 Å². The van der Waals surface area contributed by atoms with Crippen LogP contribution in [-0.4, -0.2) is 10.7 Å². The average Bonchev–Trinajstić information content (AvgIpc) is 2.52. The number of ether oxygens (including phenoxy) is 1. The Bertz CT molecular complexity index is 828. The van der Waals surface area contributed by atoms with Crippen molar-refractivity contribution in [3.8, 4) is 5.75 Å². The van der Waals surface area contributed by atoms with E-state index in [1.54, 1.807) is 26.0 Å². The fraction of sp³-hybridized carbons (Fsp3) is 0.238. The summed E-state index contributed by atoms with van der Waals surface area (Å²) < 4.78 is 18.6. The topological polar surface area (TPSA) is 29.5 Å². The lowest BCUT2D eigenvalue weighted by atomic mass is 9.96. The molecule has 0 aliphatic heterocycles. The molecule has 0 bridgehead atoms. The number of benzene rings is 2. The van der Waals surface area contributed by atoms with Crippen molar-refractivity contribution in [2.45, 2.75) is 33.0 Å². The average molecular weight is 326 g/mol. The smallest absolute Gasteiger partial charge is 0.123 e. The first-order chi connectivity index (χ1) is 11.3. The van der Waals surface area contributed by atoms with E-state index in [2.05, 4.69) is 6.58 Å². The molecule has 2 aromatic carbocycles. The van der Waals surface area contributed by atoms with Crippen molar-refractivity contribution >= 4 is 12.7 Å². The molecule has 0 spiro atoms. The molecule has 0 aromatic heterocycles. The summed E-state index contributed by atoms with van der Waals surface area (Å²) in [5.41, 5.74) is 0.821. The van der Waals surface area contributed by atoms with Crippen molar-refractivity contribution < 1.29 is 14.2 Å². The van der Waals surface area contributed by atoms with Gasteiger partial charge >= 0.3 is 0 Å². The number of rotatable bonds is 5. The minimum atomic E-state index is -0.904. The fourth-order valence-corrected chi connectivity index (χ4v) is 2.34. The van der Waals surface area contributed by atoms with Gasteiger partial charge in [0.15, 0.2) is 0 Å². The molecule has 0 heterocycles. The quantitative estimate of drug-likeness (QED) is 0.913. The largest absolute Gasteiger partial charge is 0.489 e. The van der Waals surface area contributed by atoms with Gasteiger partial charge in [-0.2, -0.15) is 0 Å². The second kappa shape index (κ2) is 7.45. The molecule has 3 heteroatoms. The Kier molecular flexibility index (Phi) is 5.58. The van der Waals surface area contributed by atoms with Crippen LogP contribution in [0.15, 0.2) is 54.1 Å². The summed E-state index contributed by atoms with van der Waals surface area (Å²) >= 11 is 0. The Morgan fingerprint density at radius 3 is 2.42 bits per heavy atom. The van der Waals surface area contributed by atoms with Gasteiger partial charge in [-0.1, -0.05) is 30.9 Å². The maximum absolute atomic E-state index is 12.9. The highest BCUT2D eigenvalue weighted by molar-refractivity contribution is 5.51. The summed E-state index contributed by atoms with van der Waals surface area (Å²) in [6.07, 6.45) is 3.81. The van der Waals surface area contributed by atoms with E-state index in [9.17, 15) is 9.50 Å². The first-order valence-corrected chi connectivity index (χ1v) is 7.87. The van der Waals surface area contributed by atoms with Crippen LogP contribution < -0.4 is 15.2 Å². The van der Waals surface area contributed by atoms with Gasteiger partial charge in [0.2, 0.25) is 0 Å². The van der Waals surface area contributed by atoms with E-state index in [1.165, 1.54) is 12.1 Å². The lowest BCUT2D eigenvalue weighted by Crippen LogP contribution is -2.27. The molecule has 2 aromatic rings. The Balaban J connectivity index is 2.18. The van der Waals surface area contributed by atoms with Gasteiger partial charge in [-0.3, -0.25) is 0 Å². The summed E-state index contributed by atoms with van der Waals surface area (Å²) in [7, 11) is 0. The molecule has 0 atom stereocenters. The number of hydrogen-bond donors (Lipinski definition) is 1. The maximum atomic E-state index is 12.9. The molecular weight excluding hydrogens is 303 g/mol. The maximum Gasteiger partial charge on any atom is 0.123 e. The van der Waals surface area contributed by atoms with Crippen molar-refractivity contribution in [2.24, 2.45) is 0 Å². The summed E-state index contributed by atoms with van der Waals surface area (Å²) in [5, 5.41) is 11.9. The fourth-order valence-electron chi connectivity index (χ4n) is 2.34. The minimum Gasteiger partial charge on any atom is -0.489 e. The molecule has 2 rings (SSSR count). The third kappa shape index (κ3) is 4.80. The van der Waals surface area contributed by atoms with E-state index in [1.807, 2.05) is 37.3 Å². The summed E-state index contributed by atoms with van der Waals surface area (Å²) in [4.78, 5) is 0. The minimum absolute atomic E-state index is 0.259. The van der Waals surface area contributed by atoms with E-state index in [0.29, 0.717) is 12.4 Å². The third-order valence-electron chi connectivity index (χ3n) is 3.76. The highest BCUT2D eigenvalue weighted by atomic mass is 19.1. The zero-order chi connectivity index (χ0) is 17.7. The van der Waals surface area contributed by atoms with Crippen LogP contribution in [0.1, 0.15) is 26.3 Å². The Hall–Kier alpha value is -2.39. The third-order valence-corrected chi connectivity index (χ3v) is 3.76. The molecule has 0 saturated heterocycles. The Morgan fingerprint density at radius 2 is 1.88 bits per heavy atom. The second-order valence-corrected chi connectivity index (χ2v) is 6.22. The number of halogens is 1. The van der Waals surface area contributed by atoms with Gasteiger partial charge in [0, 0.05) is 0 Å². The van der Waals surface area contributed by atoms with Crippen LogP contribution in [0.25, 0.3) is 12.7 Å². The van der Waals surface area contributed by atoms with Crippen molar-refractivity contribution in [1.29, 1.82) is 0 Å². The normalized spacial score (nSPS) is 13.2. The van der Waals surface area contributed by atoms with E-state index in [-0.39, 0.29) is 5.82 Å². The van der Waals surface area contributed by atoms with Crippen LogP contribution in [0, 0.1) is 5.82 Å². The second-order valence-electron chi connectivity index (χ2n) is 6.22. The summed E-state index contributed by atoms with van der Waals surface area (Å²) in [5.74, 6) is 0.442. The Labute approximate surface area is 142 Å². The van der Waals surface area contributed by atoms with Gasteiger partial charge in [-0.05, 0) is 72.7 Å². The van der Waals surface area contributed by atoms with Crippen molar-refractivity contribution in [3.05, 3.63) is 75.9 Å². The van der Waals surface area contributed by atoms with Gasteiger partial charge < -0.3 is 9.84 Å². The lowest BCUT2D eigenvalue weighted by Gasteiger charge is -2.18. The Morgan fingerprint density at radius 1 is 1.21 bits per heavy atom. The predicted octanol–water partition coefficient (Wildman–Crippen LogP) is 3.31. The summed E-state index contributed by atoms with van der Waals surface area (Å²) in [6, 6.07) is 11.9. The monoisotopic (exact) mass is 326 g/mol. The SMILES string of the molecule is C=c1cc(OCc2ccc(F)cc2)cc/c1=C/C(=C\C)C(C)(C)O. The molecule has 0 aliphatic rings. The molecule has 0 saturated carbocycles. The molecule has 24 heavy (non-hydrogen) atoms. The van der Waals surface area contributed by atoms with Gasteiger partial charge in [0.25, 0.3) is 0 Å². The van der Waals surface area contributed by atoms with E-state index < -0.39 is 5.60 Å². The molecular formula is C21H23FO2. The van der Waals surface area contributed by atoms with E-state index >= 15 is 0 Å². The molecule has 2 nitrogen and oxygen atoms in total. The van der Waals surface area contributed by atoms with Gasteiger partial charge in [0.05, 0.1) is 5.60 Å². The zero-order valence-corrected chi connectivity index (χ0v) is 14.3. The first-order valence-electron chi connectivity index (χ1n) is 7.87. The molecule has 126 valence electrons. The molecule has 0 radical (unpaired) electrons. The summed E-state index contributed by atoms with van der Waals surface area (Å²) in [6.45, 7) is 9.81. The van der Waals surface area contributed by atoms with Gasteiger partial charge in [0.1, 0.15) is 18.2 Å². The number of hydrogen-bond acceptors (Lipinski definition) is 2. The van der Waals surface area contributed by atoms with Gasteiger partial charge in [-0.15, -0.1) is 0 Å². The standard InChI is InChI=1S/C21H23FO2/c1-5-18(21(3,4)23)13-17-8-11-20(12-15(17)2)24-14-16-6-9-19(22)10-7-16/h5-13,23H,2,14H2,1,3-4H3/b17-13-,18-5+. The highest BCUT2D eigenvalue weighted by Gasteiger charge is 2.15. The predicted molar refractivity (Wildman–Crippen MR) is 96.5 cm³/mol. The van der Waals surface area contributed by atoms with Crippen LogP contribution >= 0.6 is 0 Å². The lowest BCUT2D eigenvalue weighted by molar-refractivity contribution is 0.125. The van der Waals surface area contributed by atoms with E-state index in [0.717, 1.165) is 21.6 Å². The van der Waals surface area contributed by atoms with Crippen LogP contribution in [0.5, 0.6) is 5.75 Å². The van der Waals surface area contributed by atoms with Crippen molar-refractivity contribution in [2.75, 3.05) is 0 Å². The van der Waals surface area contributed by atoms with Crippen LogP contribution in [0.3, 0.4) is 0 Å². The highest BCUT2D eigenvalue weighted by Crippen LogP contribution is 2.16. The first kappa shape index (κ1) is 18.0. The van der Waals surface area contributed by atoms with Crippen LogP contribution in [-0.2, 0) is 6.61 Å². The van der Waals surface area contributed by atoms with Crippen LogP contribution in [0.4, 0.5) is 4.39 Å². The van der Waals surface area contributed by atoms with Crippen LogP contribution in [0.2, 0.25) is 0 Å². The van der Waals surface area contributed by atoms with E-state index in [4.69, 9.17) is 4.74 Å². The molecule has 0 amide bonds. The van der Waals surface area contributed by atoms with Crippen molar-refractivity contribution in [3.63, 3.8) is 0 Å². The molecule has 0 unspecified atom stereocenters. The molecule has 0 fully saturated rings. The number of aliphatic hydroxyl groups is 1. The number of allylic oxidation sites excluding steroid dienone is 1.